The number of aliphatic hydroxyl groups is 1. The third kappa shape index (κ3) is 7.79. The van der Waals surface area contributed by atoms with Gasteiger partial charge in [0.15, 0.2) is 0 Å². The SMILES string of the molecule is C=CCSC/C=C\CO. The molecule has 0 unspecified atom stereocenters. The fourth-order valence-corrected chi connectivity index (χ4v) is 0.937. The van der Waals surface area contributed by atoms with E-state index in [4.69, 9.17) is 5.11 Å². The average Bonchev–Trinajstić information content (AvgIpc) is 1.89. The van der Waals surface area contributed by atoms with Crippen LogP contribution >= 0.6 is 11.8 Å². The average molecular weight is 144 g/mol. The lowest BCUT2D eigenvalue weighted by atomic mass is 10.6. The first kappa shape index (κ1) is 8.79. The lowest BCUT2D eigenvalue weighted by molar-refractivity contribution is 0.342. The van der Waals surface area contributed by atoms with Crippen LogP contribution in [0.5, 0.6) is 0 Å². The fourth-order valence-electron chi connectivity index (χ4n) is 0.362. The summed E-state index contributed by atoms with van der Waals surface area (Å²) in [6.45, 7) is 3.73. The molecule has 2 heteroatoms. The molecule has 0 saturated heterocycles. The molecule has 0 saturated carbocycles. The Balaban J connectivity index is 2.90. The minimum Gasteiger partial charge on any atom is -0.392 e. The van der Waals surface area contributed by atoms with E-state index < -0.39 is 0 Å². The molecule has 0 fully saturated rings. The van der Waals surface area contributed by atoms with Crippen molar-refractivity contribution in [1.82, 2.24) is 0 Å². The van der Waals surface area contributed by atoms with Crippen LogP contribution in [0.1, 0.15) is 0 Å². The standard InChI is InChI=1S/C7H12OS/c1-2-6-9-7-4-3-5-8/h2-4,8H,1,5-7H2/b4-3-. The van der Waals surface area contributed by atoms with Crippen LogP contribution in [-0.4, -0.2) is 23.2 Å². The van der Waals surface area contributed by atoms with Crippen molar-refractivity contribution in [2.24, 2.45) is 0 Å². The Kier molecular flexibility index (Phi) is 7.61. The molecule has 0 heterocycles. The maximum absolute atomic E-state index is 8.31. The lowest BCUT2D eigenvalue weighted by Gasteiger charge is -1.87. The maximum atomic E-state index is 8.31. The van der Waals surface area contributed by atoms with E-state index >= 15 is 0 Å². The first-order valence-electron chi connectivity index (χ1n) is 2.86. The van der Waals surface area contributed by atoms with Gasteiger partial charge in [0.2, 0.25) is 0 Å². The van der Waals surface area contributed by atoms with Crippen LogP contribution in [0.3, 0.4) is 0 Å². The van der Waals surface area contributed by atoms with Crippen LogP contribution in [0.4, 0.5) is 0 Å². The van der Waals surface area contributed by atoms with E-state index in [1.807, 2.05) is 12.2 Å². The van der Waals surface area contributed by atoms with Crippen LogP contribution in [-0.2, 0) is 0 Å². The van der Waals surface area contributed by atoms with Crippen molar-refractivity contribution in [2.75, 3.05) is 18.1 Å². The van der Waals surface area contributed by atoms with Crippen molar-refractivity contribution in [3.05, 3.63) is 24.8 Å². The molecule has 9 heavy (non-hydrogen) atoms. The molecule has 0 amide bonds. The zero-order chi connectivity index (χ0) is 6.95. The summed E-state index contributed by atoms with van der Waals surface area (Å²) in [6.07, 6.45) is 5.57. The molecule has 0 aromatic rings. The number of hydrogen-bond acceptors (Lipinski definition) is 2. The van der Waals surface area contributed by atoms with E-state index in [9.17, 15) is 0 Å². The molecule has 1 N–H and O–H groups in total. The van der Waals surface area contributed by atoms with Gasteiger partial charge in [0.25, 0.3) is 0 Å². The maximum Gasteiger partial charge on any atom is 0.0612 e. The fraction of sp³-hybridized carbons (Fsp3) is 0.429. The van der Waals surface area contributed by atoms with E-state index in [-0.39, 0.29) is 6.61 Å². The number of aliphatic hydroxyl groups excluding tert-OH is 1. The van der Waals surface area contributed by atoms with Gasteiger partial charge < -0.3 is 5.11 Å². The Morgan fingerprint density at radius 3 is 2.67 bits per heavy atom. The Morgan fingerprint density at radius 1 is 1.33 bits per heavy atom. The summed E-state index contributed by atoms with van der Waals surface area (Å²) in [5.41, 5.74) is 0. The highest BCUT2D eigenvalue weighted by atomic mass is 32.2. The Morgan fingerprint density at radius 2 is 2.11 bits per heavy atom. The van der Waals surface area contributed by atoms with Crippen LogP contribution in [0, 0.1) is 0 Å². The zero-order valence-corrected chi connectivity index (χ0v) is 6.23. The molecule has 0 atom stereocenters. The van der Waals surface area contributed by atoms with Crippen LogP contribution in [0.15, 0.2) is 24.8 Å². The van der Waals surface area contributed by atoms with E-state index in [1.54, 1.807) is 17.8 Å². The van der Waals surface area contributed by atoms with Crippen molar-refractivity contribution in [3.8, 4) is 0 Å². The molecule has 1 nitrogen and oxygen atoms in total. The molecular weight excluding hydrogens is 132 g/mol. The predicted molar refractivity (Wildman–Crippen MR) is 43.7 cm³/mol. The molecule has 0 aliphatic carbocycles. The van der Waals surface area contributed by atoms with E-state index in [0.717, 1.165) is 11.5 Å². The van der Waals surface area contributed by atoms with Gasteiger partial charge in [0.05, 0.1) is 6.61 Å². The van der Waals surface area contributed by atoms with Crippen molar-refractivity contribution in [1.29, 1.82) is 0 Å². The molecule has 52 valence electrons. The molecule has 0 rings (SSSR count). The van der Waals surface area contributed by atoms with Crippen molar-refractivity contribution in [2.45, 2.75) is 0 Å². The third-order valence-electron chi connectivity index (χ3n) is 0.722. The molecule has 0 radical (unpaired) electrons. The van der Waals surface area contributed by atoms with Crippen LogP contribution in [0.25, 0.3) is 0 Å². The molecule has 0 aliphatic rings. The monoisotopic (exact) mass is 144 g/mol. The topological polar surface area (TPSA) is 20.2 Å². The smallest absolute Gasteiger partial charge is 0.0612 e. The van der Waals surface area contributed by atoms with Gasteiger partial charge in [-0.3, -0.25) is 0 Å². The second kappa shape index (κ2) is 7.79. The molecular formula is C7H12OS. The molecule has 0 aromatic carbocycles. The van der Waals surface area contributed by atoms with Crippen molar-refractivity contribution < 1.29 is 5.11 Å². The minimum absolute atomic E-state index is 0.147. The summed E-state index contributed by atoms with van der Waals surface area (Å²) in [4.78, 5) is 0. The molecule has 0 bridgehead atoms. The highest BCUT2D eigenvalue weighted by Gasteiger charge is 1.76. The molecule has 0 aliphatic heterocycles. The highest BCUT2D eigenvalue weighted by Crippen LogP contribution is 1.98. The Bertz CT molecular complexity index is 88.9. The summed E-state index contributed by atoms with van der Waals surface area (Å²) >= 11 is 1.78. The number of hydrogen-bond donors (Lipinski definition) is 1. The van der Waals surface area contributed by atoms with Gasteiger partial charge in [0, 0.05) is 11.5 Å². The van der Waals surface area contributed by atoms with Crippen LogP contribution in [0.2, 0.25) is 0 Å². The van der Waals surface area contributed by atoms with Gasteiger partial charge in [-0.25, -0.2) is 0 Å². The van der Waals surface area contributed by atoms with E-state index in [0.29, 0.717) is 0 Å². The highest BCUT2D eigenvalue weighted by molar-refractivity contribution is 7.99. The lowest BCUT2D eigenvalue weighted by Crippen LogP contribution is -1.75. The second-order valence-corrected chi connectivity index (χ2v) is 2.56. The Labute approximate surface area is 60.5 Å². The third-order valence-corrected chi connectivity index (χ3v) is 1.62. The minimum atomic E-state index is 0.147. The first-order chi connectivity index (χ1) is 4.41. The quantitative estimate of drug-likeness (QED) is 0.465. The summed E-state index contributed by atoms with van der Waals surface area (Å²) in [5, 5.41) is 8.31. The molecule has 0 aromatic heterocycles. The second-order valence-electron chi connectivity index (χ2n) is 1.48. The summed E-state index contributed by atoms with van der Waals surface area (Å²) < 4.78 is 0. The van der Waals surface area contributed by atoms with Gasteiger partial charge in [-0.05, 0) is 0 Å². The van der Waals surface area contributed by atoms with Crippen molar-refractivity contribution in [3.63, 3.8) is 0 Å². The zero-order valence-electron chi connectivity index (χ0n) is 5.42. The number of rotatable bonds is 5. The number of thioether (sulfide) groups is 1. The summed E-state index contributed by atoms with van der Waals surface area (Å²) in [5.74, 6) is 1.95. The van der Waals surface area contributed by atoms with E-state index in [1.165, 1.54) is 0 Å². The van der Waals surface area contributed by atoms with Gasteiger partial charge in [-0.1, -0.05) is 18.2 Å². The van der Waals surface area contributed by atoms with Gasteiger partial charge >= 0.3 is 0 Å². The van der Waals surface area contributed by atoms with Crippen LogP contribution < -0.4 is 0 Å². The summed E-state index contributed by atoms with van der Waals surface area (Å²) in [6, 6.07) is 0. The van der Waals surface area contributed by atoms with Gasteiger partial charge in [-0.2, -0.15) is 11.8 Å². The van der Waals surface area contributed by atoms with Gasteiger partial charge in [0.1, 0.15) is 0 Å². The largest absolute Gasteiger partial charge is 0.392 e. The Hall–Kier alpha value is -0.210. The molecule has 0 spiro atoms. The van der Waals surface area contributed by atoms with Gasteiger partial charge in [-0.15, -0.1) is 6.58 Å². The first-order valence-corrected chi connectivity index (χ1v) is 4.01. The van der Waals surface area contributed by atoms with Crippen molar-refractivity contribution >= 4 is 11.8 Å². The normalized spacial score (nSPS) is 10.3. The predicted octanol–water partition coefficient (Wildman–Crippen LogP) is 1.45. The summed E-state index contributed by atoms with van der Waals surface area (Å²) in [7, 11) is 0. The van der Waals surface area contributed by atoms with E-state index in [2.05, 4.69) is 6.58 Å².